The van der Waals surface area contributed by atoms with Crippen LogP contribution in [-0.4, -0.2) is 47.1 Å². The maximum atomic E-state index is 5.63. The zero-order valence-electron chi connectivity index (χ0n) is 13.4. The second-order valence-corrected chi connectivity index (χ2v) is 16.9. The number of rotatable bonds is 5. The monoisotopic (exact) mass is 482 g/mol. The van der Waals surface area contributed by atoms with Crippen LogP contribution in [0.25, 0.3) is 0 Å². The summed E-state index contributed by atoms with van der Waals surface area (Å²) in [6.07, 6.45) is 0. The first-order valence-electron chi connectivity index (χ1n) is 7.48. The number of hydrogen-bond donors (Lipinski definition) is 0. The van der Waals surface area contributed by atoms with Gasteiger partial charge in [0.25, 0.3) is 0 Å². The van der Waals surface area contributed by atoms with E-state index in [1.165, 1.54) is 36.2 Å². The van der Waals surface area contributed by atoms with E-state index in [0.717, 1.165) is 0 Å². The van der Waals surface area contributed by atoms with Crippen LogP contribution in [0, 0.1) is 0 Å². The number of halogens is 3. The molecule has 0 N–H and O–H groups in total. The van der Waals surface area contributed by atoms with Crippen molar-refractivity contribution < 1.29 is 7.58 Å². The molecule has 1 aliphatic rings. The fourth-order valence-corrected chi connectivity index (χ4v) is 8.13. The molecule has 126 valence electrons. The Hall–Kier alpha value is 0.540. The summed E-state index contributed by atoms with van der Waals surface area (Å²) in [7, 11) is 11.3. The van der Waals surface area contributed by atoms with Crippen LogP contribution in [0.15, 0.2) is 39.5 Å². The van der Waals surface area contributed by atoms with Gasteiger partial charge in [-0.1, -0.05) is 30.3 Å². The van der Waals surface area contributed by atoms with Gasteiger partial charge in [-0.15, -0.1) is 0 Å². The Kier molecular flexibility index (Phi) is 9.12. The van der Waals surface area contributed by atoms with Crippen molar-refractivity contribution in [2.75, 3.05) is 26.2 Å². The molecule has 1 heterocycles. The molecule has 6 heteroatoms. The molecule has 1 aromatic rings. The fraction of sp³-hybridized carbons (Fsp3) is 0.500. The Labute approximate surface area is 151 Å². The Morgan fingerprint density at radius 2 is 1.59 bits per heavy atom. The van der Waals surface area contributed by atoms with Crippen LogP contribution >= 0.6 is 29.5 Å². The van der Waals surface area contributed by atoms with E-state index in [1.54, 1.807) is 4.12 Å². The minimum atomic E-state index is -2.92. The normalized spacial score (nSPS) is 18.2. The summed E-state index contributed by atoms with van der Waals surface area (Å²) < 4.78 is 7.79. The molecule has 0 fully saturated rings. The second-order valence-electron chi connectivity index (χ2n) is 5.22. The van der Waals surface area contributed by atoms with E-state index in [0.29, 0.717) is 11.6 Å². The summed E-state index contributed by atoms with van der Waals surface area (Å²) in [6, 6.07) is 10.8. The van der Waals surface area contributed by atoms with Gasteiger partial charge in [0.2, 0.25) is 0 Å². The Bertz CT molecular complexity index is 467. The van der Waals surface area contributed by atoms with Crippen molar-refractivity contribution in [3.8, 4) is 0 Å². The van der Waals surface area contributed by atoms with Crippen LogP contribution in [0.2, 0.25) is 0 Å². The quantitative estimate of drug-likeness (QED) is 0.417. The van der Waals surface area contributed by atoms with E-state index in [2.05, 4.69) is 51.1 Å². The molecule has 0 saturated carbocycles. The molecule has 2 rings (SSSR count). The van der Waals surface area contributed by atoms with E-state index in [-0.39, 0.29) is 0 Å². The molecule has 0 unspecified atom stereocenters. The topological polar surface area (TPSA) is 9.23 Å². The van der Waals surface area contributed by atoms with Gasteiger partial charge in [0.15, 0.2) is 0 Å². The molecule has 0 saturated heterocycles. The van der Waals surface area contributed by atoms with Crippen molar-refractivity contribution in [3.63, 3.8) is 0 Å². The number of quaternary nitrogens is 1. The average Bonchev–Trinajstić information content (AvgIpc) is 2.84. The van der Waals surface area contributed by atoms with Crippen molar-refractivity contribution in [1.29, 1.82) is 0 Å². The van der Waals surface area contributed by atoms with Crippen LogP contribution in [0.3, 0.4) is 0 Å². The number of hydrogen-bond acceptors (Lipinski definition) is 1. The van der Waals surface area contributed by atoms with Crippen molar-refractivity contribution >= 4 is 45.9 Å². The van der Waals surface area contributed by atoms with E-state index in [1.807, 2.05) is 0 Å². The summed E-state index contributed by atoms with van der Waals surface area (Å²) in [5.74, 6) is 0. The third-order valence-corrected chi connectivity index (χ3v) is 9.84. The molecule has 1 aromatic carbocycles. The Balaban J connectivity index is 0.000000255. The van der Waals surface area contributed by atoms with Crippen molar-refractivity contribution in [2.24, 2.45) is 0 Å². The van der Waals surface area contributed by atoms with Gasteiger partial charge in [-0.25, -0.2) is 0 Å². The summed E-state index contributed by atoms with van der Waals surface area (Å²) in [4.78, 5) is 0. The van der Waals surface area contributed by atoms with Gasteiger partial charge in [-0.05, 0) is 20.8 Å². The van der Waals surface area contributed by atoms with Crippen LogP contribution < -0.4 is 0 Å². The molecule has 22 heavy (non-hydrogen) atoms. The van der Waals surface area contributed by atoms with Gasteiger partial charge in [0.05, 0.1) is 19.6 Å². The zero-order chi connectivity index (χ0) is 16.6. The third-order valence-electron chi connectivity index (χ3n) is 3.99. The summed E-state index contributed by atoms with van der Waals surface area (Å²) in [5, 5.41) is 0.635. The molecule has 0 atom stereocenters. The van der Waals surface area contributed by atoms with Gasteiger partial charge in [0, 0.05) is 5.56 Å². The van der Waals surface area contributed by atoms with Crippen molar-refractivity contribution in [3.05, 3.63) is 45.1 Å². The maximum absolute atomic E-state index is 5.63. The summed E-state index contributed by atoms with van der Waals surface area (Å²) in [5.41, 5.74) is 1.46. The van der Waals surface area contributed by atoms with E-state index < -0.39 is 16.4 Å². The molecule has 0 amide bonds. The zero-order valence-corrected chi connectivity index (χ0v) is 18.0. The summed E-state index contributed by atoms with van der Waals surface area (Å²) >= 11 is 2.59. The summed E-state index contributed by atoms with van der Waals surface area (Å²) in [6.45, 7) is 12.1. The first kappa shape index (κ1) is 20.6. The van der Waals surface area contributed by atoms with Gasteiger partial charge in [0.1, 0.15) is 6.54 Å². The van der Waals surface area contributed by atoms with Gasteiger partial charge in [-0.2, -0.15) is 0 Å². The molecule has 0 spiro atoms. The predicted octanol–water partition coefficient (Wildman–Crippen LogP) is 5.16. The minimum absolute atomic E-state index is 0.398. The first-order valence-corrected chi connectivity index (χ1v) is 16.1. The Morgan fingerprint density at radius 1 is 1.05 bits per heavy atom. The van der Waals surface area contributed by atoms with E-state index >= 15 is 0 Å². The molecule has 2 nitrogen and oxygen atoms in total. The molecule has 0 aromatic heterocycles. The van der Waals surface area contributed by atoms with Gasteiger partial charge < -0.3 is 4.48 Å². The molecule has 0 radical (unpaired) electrons. The van der Waals surface area contributed by atoms with Crippen LogP contribution in [0.5, 0.6) is 0 Å². The van der Waals surface area contributed by atoms with E-state index in [9.17, 15) is 0 Å². The predicted molar refractivity (Wildman–Crippen MR) is 99.4 cm³/mol. The average molecular weight is 481 g/mol. The van der Waals surface area contributed by atoms with Gasteiger partial charge >= 0.3 is 64.7 Å². The molecule has 0 aliphatic carbocycles. The molecule has 0 bridgehead atoms. The molecular formula is C16H25Cl3NOTe+. The van der Waals surface area contributed by atoms with Crippen molar-refractivity contribution in [2.45, 2.75) is 27.3 Å². The SMILES string of the molecule is CC[N+](CC)(CC)Cc1ccccc1.ClC1=C[Te](Cl)(Cl)OC1. The van der Waals surface area contributed by atoms with Crippen LogP contribution in [-0.2, 0) is 9.65 Å². The van der Waals surface area contributed by atoms with Crippen LogP contribution in [0.4, 0.5) is 0 Å². The molecular weight excluding hydrogens is 456 g/mol. The number of benzene rings is 1. The number of nitrogens with zero attached hydrogens (tertiary/aromatic N) is 1. The first-order chi connectivity index (χ1) is 10.4. The van der Waals surface area contributed by atoms with Crippen LogP contribution in [0.1, 0.15) is 26.3 Å². The third kappa shape index (κ3) is 6.97. The fourth-order valence-electron chi connectivity index (χ4n) is 2.33. The standard InChI is InChI=1S/C13H22N.C3H3Cl3OTe/c1-4-14(5-2,6-3)12-13-10-8-7-9-11-13;4-3-1-7-8(5,6)2-3/h7-11H,4-6,12H2,1-3H3;2H,1H2/q+1;. The molecule has 1 aliphatic heterocycles. The second kappa shape index (κ2) is 9.74. The Morgan fingerprint density at radius 3 is 1.91 bits per heavy atom. The van der Waals surface area contributed by atoms with Crippen molar-refractivity contribution in [1.82, 2.24) is 0 Å². The van der Waals surface area contributed by atoms with E-state index in [4.69, 9.17) is 32.6 Å². The van der Waals surface area contributed by atoms with Gasteiger partial charge in [-0.3, -0.25) is 0 Å².